The Balaban J connectivity index is 4.27. The van der Waals surface area contributed by atoms with Gasteiger partial charge in [-0.2, -0.15) is 0 Å². The lowest BCUT2D eigenvalue weighted by Crippen LogP contribution is -2.45. The number of likely N-dealkylation sites (N-methyl/N-ethyl adjacent to an activating group) is 1. The Morgan fingerprint density at radius 3 is 1.27 bits per heavy atom. The van der Waals surface area contributed by atoms with Crippen molar-refractivity contribution in [2.45, 2.75) is 264 Å². The summed E-state index contributed by atoms with van der Waals surface area (Å²) in [5.74, 6) is -0.194. The normalized spacial score (nSPS) is 14.3. The summed E-state index contributed by atoms with van der Waals surface area (Å²) in [5.41, 5.74) is 0. The van der Waals surface area contributed by atoms with Gasteiger partial charge in [0.05, 0.1) is 39.9 Å². The van der Waals surface area contributed by atoms with Gasteiger partial charge in [0.25, 0.3) is 0 Å². The van der Waals surface area contributed by atoms with Crippen molar-refractivity contribution in [3.05, 3.63) is 36.5 Å². The molecule has 3 N–H and O–H groups in total. The predicted molar refractivity (Wildman–Crippen MR) is 272 cm³/mol. The van der Waals surface area contributed by atoms with Crippen LogP contribution in [-0.2, 0) is 18.4 Å². The zero-order valence-corrected chi connectivity index (χ0v) is 43.2. The van der Waals surface area contributed by atoms with Gasteiger partial charge in [0.1, 0.15) is 13.2 Å². The number of nitrogens with zero attached hydrogens (tertiary/aromatic N) is 1. The van der Waals surface area contributed by atoms with Crippen LogP contribution in [0, 0.1) is 0 Å². The second-order valence-corrected chi connectivity index (χ2v) is 21.0. The zero-order chi connectivity index (χ0) is 46.4. The van der Waals surface area contributed by atoms with Gasteiger partial charge >= 0.3 is 7.82 Å². The minimum Gasteiger partial charge on any atom is -0.387 e. The number of nitrogens with one attached hydrogen (secondary N) is 1. The summed E-state index contributed by atoms with van der Waals surface area (Å²) < 4.78 is 23.6. The lowest BCUT2D eigenvalue weighted by molar-refractivity contribution is -0.870. The Bertz CT molecular complexity index is 1120. The van der Waals surface area contributed by atoms with Crippen LogP contribution in [0.3, 0.4) is 0 Å². The molecular weight excluding hydrogens is 804 g/mol. The molecule has 63 heavy (non-hydrogen) atoms. The number of rotatable bonds is 49. The van der Waals surface area contributed by atoms with Gasteiger partial charge in [0, 0.05) is 6.42 Å². The molecule has 0 aliphatic carbocycles. The summed E-state index contributed by atoms with van der Waals surface area (Å²) in [6.07, 6.45) is 58.2. The van der Waals surface area contributed by atoms with Crippen LogP contribution < -0.4 is 5.32 Å². The third-order valence-electron chi connectivity index (χ3n) is 12.1. The van der Waals surface area contributed by atoms with Crippen molar-refractivity contribution in [1.82, 2.24) is 5.32 Å². The number of aliphatic hydroxyl groups excluding tert-OH is 1. The minimum atomic E-state index is -4.35. The molecule has 3 atom stereocenters. The Morgan fingerprint density at radius 2 is 0.873 bits per heavy atom. The lowest BCUT2D eigenvalue weighted by Gasteiger charge is -2.25. The van der Waals surface area contributed by atoms with Gasteiger partial charge < -0.3 is 19.8 Å². The van der Waals surface area contributed by atoms with E-state index in [1.54, 1.807) is 6.08 Å². The second-order valence-electron chi connectivity index (χ2n) is 19.6. The highest BCUT2D eigenvalue weighted by Crippen LogP contribution is 2.43. The molecule has 0 radical (unpaired) electrons. The number of aliphatic hydroxyl groups is 1. The van der Waals surface area contributed by atoms with E-state index in [4.69, 9.17) is 9.05 Å². The van der Waals surface area contributed by atoms with Crippen molar-refractivity contribution in [1.29, 1.82) is 0 Å². The highest BCUT2D eigenvalue weighted by molar-refractivity contribution is 7.47. The van der Waals surface area contributed by atoms with Crippen LogP contribution in [0.15, 0.2) is 36.5 Å². The van der Waals surface area contributed by atoms with E-state index in [0.717, 1.165) is 51.4 Å². The Hall–Kier alpha value is -1.28. The number of amides is 1. The van der Waals surface area contributed by atoms with Crippen molar-refractivity contribution >= 4 is 13.7 Å². The van der Waals surface area contributed by atoms with Crippen molar-refractivity contribution in [2.24, 2.45) is 0 Å². The third-order valence-corrected chi connectivity index (χ3v) is 13.1. The van der Waals surface area contributed by atoms with E-state index >= 15 is 0 Å². The molecule has 0 spiro atoms. The molecule has 1 amide bonds. The van der Waals surface area contributed by atoms with Gasteiger partial charge in [-0.25, -0.2) is 4.57 Å². The van der Waals surface area contributed by atoms with E-state index in [1.165, 1.54) is 180 Å². The quantitative estimate of drug-likeness (QED) is 0.0243. The van der Waals surface area contributed by atoms with E-state index in [1.807, 2.05) is 27.2 Å². The first kappa shape index (κ1) is 61.7. The molecular formula is C54H106N2O6P+. The van der Waals surface area contributed by atoms with Gasteiger partial charge in [-0.3, -0.25) is 13.8 Å². The zero-order valence-electron chi connectivity index (χ0n) is 42.3. The average Bonchev–Trinajstić information content (AvgIpc) is 3.24. The lowest BCUT2D eigenvalue weighted by atomic mass is 10.0. The summed E-state index contributed by atoms with van der Waals surface area (Å²) in [6.45, 7) is 4.80. The number of phosphoric ester groups is 1. The summed E-state index contributed by atoms with van der Waals surface area (Å²) in [4.78, 5) is 23.2. The number of allylic oxidation sites excluding steroid dienone is 5. The van der Waals surface area contributed by atoms with Crippen molar-refractivity contribution in [2.75, 3.05) is 40.9 Å². The maximum atomic E-state index is 12.9. The SMILES string of the molecule is CCCCCCCC/C=C\CCCCCCCC(=O)NC(COP(=O)(O)OCC[N+](C)(C)C)C(O)/C=C/CC/C=C/CCCCCCCCCCCCCCCCCCCCCC. The van der Waals surface area contributed by atoms with Crippen molar-refractivity contribution in [3.63, 3.8) is 0 Å². The summed E-state index contributed by atoms with van der Waals surface area (Å²) in [7, 11) is 1.55. The molecule has 9 heteroatoms. The minimum absolute atomic E-state index is 0.0549. The second kappa shape index (κ2) is 45.9. The first-order valence-electron chi connectivity index (χ1n) is 26.9. The molecule has 3 unspecified atom stereocenters. The fourth-order valence-corrected chi connectivity index (χ4v) is 8.55. The largest absolute Gasteiger partial charge is 0.472 e. The van der Waals surface area contributed by atoms with Crippen LogP contribution in [0.25, 0.3) is 0 Å². The smallest absolute Gasteiger partial charge is 0.387 e. The summed E-state index contributed by atoms with van der Waals surface area (Å²) in [5, 5.41) is 13.9. The van der Waals surface area contributed by atoms with Crippen LogP contribution in [-0.4, -0.2) is 73.4 Å². The fourth-order valence-electron chi connectivity index (χ4n) is 7.82. The number of quaternary nitrogens is 1. The molecule has 0 aliphatic rings. The number of carbonyl (C=O) groups excluding carboxylic acids is 1. The van der Waals surface area contributed by atoms with E-state index in [2.05, 4.69) is 43.5 Å². The highest BCUT2D eigenvalue weighted by atomic mass is 31.2. The van der Waals surface area contributed by atoms with Crippen molar-refractivity contribution in [3.8, 4) is 0 Å². The Morgan fingerprint density at radius 1 is 0.524 bits per heavy atom. The van der Waals surface area contributed by atoms with Crippen LogP contribution in [0.5, 0.6) is 0 Å². The molecule has 0 rings (SSSR count). The van der Waals surface area contributed by atoms with Gasteiger partial charge in [0.15, 0.2) is 0 Å². The first-order valence-corrected chi connectivity index (χ1v) is 28.4. The van der Waals surface area contributed by atoms with Crippen LogP contribution >= 0.6 is 7.82 Å². The maximum absolute atomic E-state index is 12.9. The molecule has 0 aliphatic heterocycles. The molecule has 0 aromatic rings. The number of unbranched alkanes of at least 4 members (excludes halogenated alkanes) is 32. The predicted octanol–water partition coefficient (Wildman–Crippen LogP) is 15.8. The first-order chi connectivity index (χ1) is 30.5. The van der Waals surface area contributed by atoms with Crippen molar-refractivity contribution < 1.29 is 32.9 Å². The molecule has 8 nitrogen and oxygen atoms in total. The molecule has 0 aromatic carbocycles. The number of hydrogen-bond acceptors (Lipinski definition) is 5. The number of carbonyl (C=O) groups is 1. The average molecular weight is 910 g/mol. The van der Waals surface area contributed by atoms with Gasteiger partial charge in [-0.15, -0.1) is 0 Å². The Labute approximate surface area is 391 Å². The summed E-state index contributed by atoms with van der Waals surface area (Å²) >= 11 is 0. The number of hydrogen-bond donors (Lipinski definition) is 3. The maximum Gasteiger partial charge on any atom is 0.472 e. The standard InChI is InChI=1S/C54H105N2O6P/c1-6-8-10-12-14-16-18-20-22-23-24-25-26-27-28-29-30-31-32-34-35-37-39-41-43-45-47-53(57)52(51-62-63(59,60)61-50-49-56(3,4)5)55-54(58)48-46-44-42-40-38-36-33-21-19-17-15-13-11-9-7-2/h21,33,37,39,45,47,52-53,57H,6-20,22-32,34-36,38,40-44,46,48-51H2,1-5H3,(H-,55,58,59,60)/p+1/b33-21-,39-37+,47-45+. The molecule has 0 fully saturated rings. The molecule has 0 bridgehead atoms. The van der Waals surface area contributed by atoms with E-state index in [9.17, 15) is 19.4 Å². The van der Waals surface area contributed by atoms with Gasteiger partial charge in [-0.1, -0.05) is 224 Å². The van der Waals surface area contributed by atoms with E-state index < -0.39 is 20.0 Å². The van der Waals surface area contributed by atoms with E-state index in [0.29, 0.717) is 17.4 Å². The third kappa shape index (κ3) is 48.5. The molecule has 372 valence electrons. The fraction of sp³-hybridized carbons (Fsp3) is 0.870. The Kier molecular flexibility index (Phi) is 44.9. The highest BCUT2D eigenvalue weighted by Gasteiger charge is 2.27. The number of phosphoric acid groups is 1. The monoisotopic (exact) mass is 910 g/mol. The van der Waals surface area contributed by atoms with E-state index in [-0.39, 0.29) is 19.1 Å². The van der Waals surface area contributed by atoms with Crippen LogP contribution in [0.4, 0.5) is 0 Å². The van der Waals surface area contributed by atoms with Crippen LogP contribution in [0.1, 0.15) is 251 Å². The topological polar surface area (TPSA) is 105 Å². The summed E-state index contributed by atoms with van der Waals surface area (Å²) in [6, 6.07) is -0.867. The van der Waals surface area contributed by atoms with Gasteiger partial charge in [0.2, 0.25) is 5.91 Å². The van der Waals surface area contributed by atoms with Gasteiger partial charge in [-0.05, 0) is 57.8 Å². The molecule has 0 saturated heterocycles. The molecule has 0 heterocycles. The van der Waals surface area contributed by atoms with Crippen LogP contribution in [0.2, 0.25) is 0 Å². The molecule has 0 saturated carbocycles. The molecule has 0 aromatic heterocycles.